The molecule has 0 aliphatic heterocycles. The SMILES string of the molecule is CC.CCCC(=O)NC(=O)OCc1ccccc1.Nc1ccccc1. The van der Waals surface area contributed by atoms with Gasteiger partial charge in [-0.05, 0) is 24.1 Å². The Bertz CT molecular complexity index is 586. The second kappa shape index (κ2) is 14.8. The van der Waals surface area contributed by atoms with Crippen LogP contribution in [0.25, 0.3) is 0 Å². The van der Waals surface area contributed by atoms with Crippen molar-refractivity contribution in [1.82, 2.24) is 5.32 Å². The average Bonchev–Trinajstić information content (AvgIpc) is 2.64. The standard InChI is InChI=1S/C12H15NO3.C6H7N.C2H6/c1-2-6-11(14)13-12(15)16-9-10-7-4-3-5-8-10;7-6-4-2-1-3-5-6;1-2/h3-5,7-8H,2,6,9H2,1H3,(H,13,14,15);1-5H,7H2;1-2H3. The lowest BCUT2D eigenvalue weighted by molar-refractivity contribution is -0.120. The molecule has 0 fully saturated rings. The number of carbonyl (C=O) groups is 2. The van der Waals surface area contributed by atoms with Crippen molar-refractivity contribution in [3.63, 3.8) is 0 Å². The number of amides is 2. The number of para-hydroxylation sites is 1. The molecule has 5 heteroatoms. The number of benzene rings is 2. The van der Waals surface area contributed by atoms with Gasteiger partial charge in [-0.2, -0.15) is 0 Å². The molecule has 136 valence electrons. The number of carbonyl (C=O) groups excluding carboxylic acids is 2. The van der Waals surface area contributed by atoms with Gasteiger partial charge in [0.2, 0.25) is 5.91 Å². The summed E-state index contributed by atoms with van der Waals surface area (Å²) in [5, 5.41) is 2.15. The zero-order valence-electron chi connectivity index (χ0n) is 15.2. The van der Waals surface area contributed by atoms with E-state index in [2.05, 4.69) is 5.32 Å². The van der Waals surface area contributed by atoms with Crippen molar-refractivity contribution in [2.45, 2.75) is 40.2 Å². The van der Waals surface area contributed by atoms with E-state index in [0.717, 1.165) is 11.3 Å². The van der Waals surface area contributed by atoms with Crippen LogP contribution in [-0.2, 0) is 16.1 Å². The van der Waals surface area contributed by atoms with Gasteiger partial charge >= 0.3 is 6.09 Å². The molecule has 2 rings (SSSR count). The molecule has 0 aromatic heterocycles. The highest BCUT2D eigenvalue weighted by Gasteiger charge is 2.07. The molecule has 0 atom stereocenters. The van der Waals surface area contributed by atoms with Crippen LogP contribution in [0, 0.1) is 0 Å². The summed E-state index contributed by atoms with van der Waals surface area (Å²) in [6.07, 6.45) is 0.348. The van der Waals surface area contributed by atoms with Crippen molar-refractivity contribution in [2.75, 3.05) is 5.73 Å². The Balaban J connectivity index is 0.000000530. The summed E-state index contributed by atoms with van der Waals surface area (Å²) in [7, 11) is 0. The van der Waals surface area contributed by atoms with Crippen LogP contribution in [0.5, 0.6) is 0 Å². The number of rotatable bonds is 4. The van der Waals surface area contributed by atoms with Gasteiger partial charge in [-0.1, -0.05) is 69.3 Å². The Hall–Kier alpha value is -2.82. The van der Waals surface area contributed by atoms with E-state index in [-0.39, 0.29) is 12.5 Å². The second-order valence-corrected chi connectivity index (χ2v) is 4.77. The highest BCUT2D eigenvalue weighted by molar-refractivity contribution is 5.91. The maximum absolute atomic E-state index is 11.1. The Kier molecular flexibility index (Phi) is 13.1. The molecule has 3 N–H and O–H groups in total. The van der Waals surface area contributed by atoms with Crippen LogP contribution >= 0.6 is 0 Å². The molecule has 0 aliphatic carbocycles. The van der Waals surface area contributed by atoms with Crippen LogP contribution in [0.2, 0.25) is 0 Å². The molecule has 2 aromatic carbocycles. The van der Waals surface area contributed by atoms with Gasteiger partial charge in [-0.3, -0.25) is 10.1 Å². The van der Waals surface area contributed by atoms with Crippen molar-refractivity contribution in [1.29, 1.82) is 0 Å². The summed E-state index contributed by atoms with van der Waals surface area (Å²) >= 11 is 0. The van der Waals surface area contributed by atoms with E-state index in [1.54, 1.807) is 0 Å². The quantitative estimate of drug-likeness (QED) is 0.798. The number of hydrogen-bond donors (Lipinski definition) is 2. The van der Waals surface area contributed by atoms with Crippen molar-refractivity contribution in [3.8, 4) is 0 Å². The van der Waals surface area contributed by atoms with Gasteiger partial charge in [0, 0.05) is 12.1 Å². The maximum atomic E-state index is 11.1. The number of anilines is 1. The molecule has 0 aliphatic rings. The second-order valence-electron chi connectivity index (χ2n) is 4.77. The third kappa shape index (κ3) is 12.3. The largest absolute Gasteiger partial charge is 0.444 e. The van der Waals surface area contributed by atoms with Crippen LogP contribution in [0.4, 0.5) is 10.5 Å². The first-order chi connectivity index (χ1) is 12.1. The topological polar surface area (TPSA) is 81.4 Å². The number of imide groups is 1. The Labute approximate surface area is 150 Å². The van der Waals surface area contributed by atoms with E-state index in [0.29, 0.717) is 12.8 Å². The number of nitrogen functional groups attached to an aromatic ring is 1. The molecule has 0 bridgehead atoms. The lowest BCUT2D eigenvalue weighted by atomic mass is 10.2. The summed E-state index contributed by atoms with van der Waals surface area (Å²) in [6.45, 7) is 6.04. The molecule has 0 saturated carbocycles. The fourth-order valence-corrected chi connectivity index (χ4v) is 1.62. The van der Waals surface area contributed by atoms with E-state index >= 15 is 0 Å². The van der Waals surface area contributed by atoms with Gasteiger partial charge in [-0.25, -0.2) is 4.79 Å². The normalized spacial score (nSPS) is 8.76. The van der Waals surface area contributed by atoms with Gasteiger partial charge in [0.1, 0.15) is 6.61 Å². The van der Waals surface area contributed by atoms with Gasteiger partial charge in [0.25, 0.3) is 0 Å². The number of alkyl carbamates (subject to hydrolysis) is 1. The first-order valence-corrected chi connectivity index (χ1v) is 8.43. The minimum Gasteiger partial charge on any atom is -0.444 e. The third-order valence-electron chi connectivity index (χ3n) is 2.73. The lowest BCUT2D eigenvalue weighted by Gasteiger charge is -2.05. The fourth-order valence-electron chi connectivity index (χ4n) is 1.62. The van der Waals surface area contributed by atoms with Crippen molar-refractivity contribution >= 4 is 17.7 Å². The van der Waals surface area contributed by atoms with Crippen LogP contribution in [0.1, 0.15) is 39.2 Å². The Morgan fingerprint density at radius 3 is 1.92 bits per heavy atom. The van der Waals surface area contributed by atoms with E-state index in [1.807, 2.05) is 81.4 Å². The van der Waals surface area contributed by atoms with Crippen molar-refractivity contribution < 1.29 is 14.3 Å². The number of nitrogens with one attached hydrogen (secondary N) is 1. The molecular formula is C20H28N2O3. The molecule has 0 saturated heterocycles. The van der Waals surface area contributed by atoms with Gasteiger partial charge in [0.15, 0.2) is 0 Å². The Morgan fingerprint density at radius 2 is 1.48 bits per heavy atom. The van der Waals surface area contributed by atoms with E-state index < -0.39 is 6.09 Å². The van der Waals surface area contributed by atoms with Crippen molar-refractivity contribution in [2.24, 2.45) is 0 Å². The van der Waals surface area contributed by atoms with Gasteiger partial charge < -0.3 is 10.5 Å². The highest BCUT2D eigenvalue weighted by Crippen LogP contribution is 2.00. The molecule has 5 nitrogen and oxygen atoms in total. The third-order valence-corrected chi connectivity index (χ3v) is 2.73. The smallest absolute Gasteiger partial charge is 0.414 e. The number of nitrogens with two attached hydrogens (primary N) is 1. The van der Waals surface area contributed by atoms with Gasteiger partial charge in [0.05, 0.1) is 0 Å². The Morgan fingerprint density at radius 1 is 0.960 bits per heavy atom. The molecule has 0 radical (unpaired) electrons. The average molecular weight is 344 g/mol. The number of hydrogen-bond acceptors (Lipinski definition) is 4. The summed E-state index contributed by atoms with van der Waals surface area (Å²) < 4.78 is 4.87. The molecule has 2 aromatic rings. The predicted octanol–water partition coefficient (Wildman–Crippen LogP) is 4.53. The molecule has 0 heterocycles. The minimum atomic E-state index is -0.692. The van der Waals surface area contributed by atoms with E-state index in [4.69, 9.17) is 10.5 Å². The molecule has 0 unspecified atom stereocenters. The molecule has 2 amide bonds. The minimum absolute atomic E-state index is 0.173. The molecule has 0 spiro atoms. The summed E-state index contributed by atoms with van der Waals surface area (Å²) in [4.78, 5) is 22.2. The fraction of sp³-hybridized carbons (Fsp3) is 0.300. The first kappa shape index (κ1) is 22.2. The molecular weight excluding hydrogens is 316 g/mol. The monoisotopic (exact) mass is 344 g/mol. The first-order valence-electron chi connectivity index (χ1n) is 8.43. The summed E-state index contributed by atoms with van der Waals surface area (Å²) in [5.74, 6) is -0.305. The van der Waals surface area contributed by atoms with Crippen LogP contribution < -0.4 is 11.1 Å². The van der Waals surface area contributed by atoms with Crippen LogP contribution in [0.15, 0.2) is 60.7 Å². The summed E-state index contributed by atoms with van der Waals surface area (Å²) in [6, 6.07) is 18.8. The summed E-state index contributed by atoms with van der Waals surface area (Å²) in [5.41, 5.74) is 7.07. The maximum Gasteiger partial charge on any atom is 0.414 e. The van der Waals surface area contributed by atoms with Crippen LogP contribution in [0.3, 0.4) is 0 Å². The van der Waals surface area contributed by atoms with Crippen molar-refractivity contribution in [3.05, 3.63) is 66.2 Å². The lowest BCUT2D eigenvalue weighted by Crippen LogP contribution is -2.30. The zero-order valence-corrected chi connectivity index (χ0v) is 15.2. The number of ether oxygens (including phenoxy) is 1. The molecule has 25 heavy (non-hydrogen) atoms. The van der Waals surface area contributed by atoms with E-state index in [1.165, 1.54) is 0 Å². The zero-order chi connectivity index (χ0) is 18.9. The predicted molar refractivity (Wildman–Crippen MR) is 102 cm³/mol. The van der Waals surface area contributed by atoms with E-state index in [9.17, 15) is 9.59 Å². The van der Waals surface area contributed by atoms with Gasteiger partial charge in [-0.15, -0.1) is 0 Å². The highest BCUT2D eigenvalue weighted by atomic mass is 16.5. The van der Waals surface area contributed by atoms with Crippen LogP contribution in [-0.4, -0.2) is 12.0 Å².